The second kappa shape index (κ2) is 5.25. The molecule has 1 aromatic rings. The number of alkyl halides is 1. The molecule has 0 aromatic heterocycles. The molecule has 1 heteroatoms. The lowest BCUT2D eigenvalue weighted by molar-refractivity contribution is 0.323. The van der Waals surface area contributed by atoms with Crippen LogP contribution >= 0.6 is 11.6 Å². The summed E-state index contributed by atoms with van der Waals surface area (Å²) in [4.78, 5) is 0. The van der Waals surface area contributed by atoms with Gasteiger partial charge in [0.25, 0.3) is 0 Å². The number of benzene rings is 1. The summed E-state index contributed by atoms with van der Waals surface area (Å²) in [7, 11) is 0. The summed E-state index contributed by atoms with van der Waals surface area (Å²) in [5.74, 6) is 0.766. The molecule has 0 unspecified atom stereocenters. The van der Waals surface area contributed by atoms with Crippen LogP contribution in [0.15, 0.2) is 24.3 Å². The van der Waals surface area contributed by atoms with E-state index >= 15 is 0 Å². The van der Waals surface area contributed by atoms with Gasteiger partial charge in [-0.2, -0.15) is 0 Å². The van der Waals surface area contributed by atoms with Crippen molar-refractivity contribution in [1.29, 1.82) is 0 Å². The third-order valence-electron chi connectivity index (χ3n) is 4.43. The van der Waals surface area contributed by atoms with Crippen molar-refractivity contribution in [3.63, 3.8) is 0 Å². The minimum absolute atomic E-state index is 0.235. The minimum Gasteiger partial charge on any atom is -0.126 e. The van der Waals surface area contributed by atoms with Gasteiger partial charge in [-0.1, -0.05) is 64.3 Å². The fourth-order valence-electron chi connectivity index (χ4n) is 3.05. The van der Waals surface area contributed by atoms with Gasteiger partial charge in [0.2, 0.25) is 0 Å². The Bertz CT molecular complexity index is 377. The van der Waals surface area contributed by atoms with Crippen LogP contribution in [0.25, 0.3) is 0 Å². The highest BCUT2D eigenvalue weighted by atomic mass is 35.5. The second-order valence-corrected chi connectivity index (χ2v) is 7.07. The zero-order valence-electron chi connectivity index (χ0n) is 11.9. The molecule has 0 radical (unpaired) electrons. The average molecular weight is 265 g/mol. The standard InChI is InChI=1S/C17H25Cl/c1-16(2,3)14-7-9-15(10-8-14)17(13-18)11-5-4-6-12-17/h7-10H,4-6,11-13H2,1-3H3. The number of rotatable bonds is 2. The summed E-state index contributed by atoms with van der Waals surface area (Å²) in [6.45, 7) is 6.79. The quantitative estimate of drug-likeness (QED) is 0.625. The van der Waals surface area contributed by atoms with Crippen LogP contribution in [0.2, 0.25) is 0 Å². The molecular weight excluding hydrogens is 240 g/mol. The first kappa shape index (κ1) is 13.9. The van der Waals surface area contributed by atoms with Crippen LogP contribution < -0.4 is 0 Å². The van der Waals surface area contributed by atoms with Crippen LogP contribution in [-0.4, -0.2) is 5.88 Å². The van der Waals surface area contributed by atoms with Gasteiger partial charge in [-0.3, -0.25) is 0 Å². The molecule has 2 rings (SSSR count). The van der Waals surface area contributed by atoms with Gasteiger partial charge in [-0.05, 0) is 29.4 Å². The van der Waals surface area contributed by atoms with Crippen molar-refractivity contribution >= 4 is 11.6 Å². The normalized spacial score (nSPS) is 19.8. The van der Waals surface area contributed by atoms with E-state index in [1.165, 1.54) is 43.2 Å². The Labute approximate surface area is 117 Å². The van der Waals surface area contributed by atoms with Gasteiger partial charge in [0.05, 0.1) is 0 Å². The van der Waals surface area contributed by atoms with Crippen molar-refractivity contribution in [3.8, 4) is 0 Å². The zero-order chi connectivity index (χ0) is 13.2. The maximum Gasteiger partial charge on any atom is 0.0320 e. The van der Waals surface area contributed by atoms with Crippen LogP contribution in [0.1, 0.15) is 64.0 Å². The molecule has 18 heavy (non-hydrogen) atoms. The fourth-order valence-corrected chi connectivity index (χ4v) is 3.47. The van der Waals surface area contributed by atoms with E-state index in [-0.39, 0.29) is 10.8 Å². The topological polar surface area (TPSA) is 0 Å². The molecule has 1 aliphatic carbocycles. The van der Waals surface area contributed by atoms with Crippen LogP contribution in [0.5, 0.6) is 0 Å². The lowest BCUT2D eigenvalue weighted by Gasteiger charge is -2.36. The number of hydrogen-bond acceptors (Lipinski definition) is 0. The van der Waals surface area contributed by atoms with Crippen molar-refractivity contribution in [1.82, 2.24) is 0 Å². The van der Waals surface area contributed by atoms with E-state index in [0.717, 1.165) is 5.88 Å². The first-order valence-electron chi connectivity index (χ1n) is 7.15. The molecule has 0 amide bonds. The summed E-state index contributed by atoms with van der Waals surface area (Å²) in [6.07, 6.45) is 6.54. The third kappa shape index (κ3) is 2.74. The molecule has 100 valence electrons. The average Bonchev–Trinajstić information content (AvgIpc) is 2.39. The van der Waals surface area contributed by atoms with E-state index in [9.17, 15) is 0 Å². The molecule has 0 N–H and O–H groups in total. The van der Waals surface area contributed by atoms with E-state index < -0.39 is 0 Å². The third-order valence-corrected chi connectivity index (χ3v) is 4.94. The van der Waals surface area contributed by atoms with Crippen molar-refractivity contribution in [2.75, 3.05) is 5.88 Å². The smallest absolute Gasteiger partial charge is 0.0320 e. The molecule has 0 bridgehead atoms. The molecule has 0 spiro atoms. The monoisotopic (exact) mass is 264 g/mol. The number of hydrogen-bond donors (Lipinski definition) is 0. The highest BCUT2D eigenvalue weighted by molar-refractivity contribution is 6.18. The maximum absolute atomic E-state index is 6.30. The summed E-state index contributed by atoms with van der Waals surface area (Å²) in [5, 5.41) is 0. The molecule has 0 aliphatic heterocycles. The van der Waals surface area contributed by atoms with Crippen LogP contribution in [0.4, 0.5) is 0 Å². The summed E-state index contributed by atoms with van der Waals surface area (Å²) >= 11 is 6.30. The van der Waals surface area contributed by atoms with E-state index in [2.05, 4.69) is 45.0 Å². The minimum atomic E-state index is 0.235. The van der Waals surface area contributed by atoms with Crippen molar-refractivity contribution in [2.45, 2.75) is 63.7 Å². The van der Waals surface area contributed by atoms with E-state index in [4.69, 9.17) is 11.6 Å². The van der Waals surface area contributed by atoms with Crippen molar-refractivity contribution in [3.05, 3.63) is 35.4 Å². The first-order chi connectivity index (χ1) is 8.48. The molecular formula is C17H25Cl. The van der Waals surface area contributed by atoms with Gasteiger partial charge < -0.3 is 0 Å². The highest BCUT2D eigenvalue weighted by Gasteiger charge is 2.33. The molecule has 1 aromatic carbocycles. The molecule has 1 fully saturated rings. The predicted molar refractivity (Wildman–Crippen MR) is 80.6 cm³/mol. The highest BCUT2D eigenvalue weighted by Crippen LogP contribution is 2.40. The van der Waals surface area contributed by atoms with Gasteiger partial charge in [0, 0.05) is 11.3 Å². The van der Waals surface area contributed by atoms with E-state index in [0.29, 0.717) is 0 Å². The van der Waals surface area contributed by atoms with E-state index in [1.54, 1.807) is 0 Å². The lowest BCUT2D eigenvalue weighted by Crippen LogP contribution is -2.31. The van der Waals surface area contributed by atoms with Gasteiger partial charge in [-0.15, -0.1) is 11.6 Å². The van der Waals surface area contributed by atoms with Crippen LogP contribution in [-0.2, 0) is 10.8 Å². The SMILES string of the molecule is CC(C)(C)c1ccc(C2(CCl)CCCCC2)cc1. The Balaban J connectivity index is 2.27. The second-order valence-electron chi connectivity index (χ2n) is 6.80. The predicted octanol–water partition coefficient (Wildman–Crippen LogP) is 5.42. The van der Waals surface area contributed by atoms with E-state index in [1.807, 2.05) is 0 Å². The molecule has 1 aliphatic rings. The Kier molecular flexibility index (Phi) is 4.06. The number of halogens is 1. The maximum atomic E-state index is 6.30. The Morgan fingerprint density at radius 3 is 2.00 bits per heavy atom. The van der Waals surface area contributed by atoms with Crippen molar-refractivity contribution < 1.29 is 0 Å². The lowest BCUT2D eigenvalue weighted by atomic mass is 9.70. The first-order valence-corrected chi connectivity index (χ1v) is 7.68. The molecule has 0 heterocycles. The zero-order valence-corrected chi connectivity index (χ0v) is 12.7. The summed E-state index contributed by atoms with van der Waals surface area (Å²) in [6, 6.07) is 9.21. The van der Waals surface area contributed by atoms with Gasteiger partial charge in [-0.25, -0.2) is 0 Å². The van der Waals surface area contributed by atoms with Crippen LogP contribution in [0, 0.1) is 0 Å². The molecule has 1 saturated carbocycles. The largest absolute Gasteiger partial charge is 0.126 e. The van der Waals surface area contributed by atoms with Gasteiger partial charge >= 0.3 is 0 Å². The molecule has 0 atom stereocenters. The fraction of sp³-hybridized carbons (Fsp3) is 0.647. The Morgan fingerprint density at radius 2 is 1.56 bits per heavy atom. The molecule has 0 nitrogen and oxygen atoms in total. The van der Waals surface area contributed by atoms with Crippen molar-refractivity contribution in [2.24, 2.45) is 0 Å². The van der Waals surface area contributed by atoms with Crippen LogP contribution in [0.3, 0.4) is 0 Å². The molecule has 0 saturated heterocycles. The Morgan fingerprint density at radius 1 is 1.00 bits per heavy atom. The summed E-state index contributed by atoms with van der Waals surface area (Å²) < 4.78 is 0. The van der Waals surface area contributed by atoms with Gasteiger partial charge in [0.15, 0.2) is 0 Å². The summed E-state index contributed by atoms with van der Waals surface area (Å²) in [5.41, 5.74) is 3.34. The van der Waals surface area contributed by atoms with Gasteiger partial charge in [0.1, 0.15) is 0 Å². The Hall–Kier alpha value is -0.490.